The summed E-state index contributed by atoms with van der Waals surface area (Å²) in [5.74, 6) is -1.24. The highest BCUT2D eigenvalue weighted by Gasteiger charge is 2.40. The van der Waals surface area contributed by atoms with Crippen molar-refractivity contribution in [2.24, 2.45) is 0 Å². The summed E-state index contributed by atoms with van der Waals surface area (Å²) in [4.78, 5) is 28.8. The van der Waals surface area contributed by atoms with Crippen molar-refractivity contribution in [2.45, 2.75) is 11.8 Å². The summed E-state index contributed by atoms with van der Waals surface area (Å²) >= 11 is 7.15. The van der Waals surface area contributed by atoms with Crippen LogP contribution in [0.3, 0.4) is 0 Å². The summed E-state index contributed by atoms with van der Waals surface area (Å²) in [6.07, 6.45) is 0. The van der Waals surface area contributed by atoms with Crippen LogP contribution in [0.1, 0.15) is 11.1 Å². The van der Waals surface area contributed by atoms with Gasteiger partial charge in [0.2, 0.25) is 0 Å². The molecule has 0 radical (unpaired) electrons. The van der Waals surface area contributed by atoms with Gasteiger partial charge < -0.3 is 0 Å². The number of amides is 2. The van der Waals surface area contributed by atoms with Gasteiger partial charge in [0.15, 0.2) is 0 Å². The molecule has 0 saturated heterocycles. The molecule has 0 aromatic heterocycles. The van der Waals surface area contributed by atoms with Crippen molar-refractivity contribution >= 4 is 46.4 Å². The molecule has 0 atom stereocenters. The number of thioether (sulfide) groups is 1. The topological polar surface area (TPSA) is 37.4 Å². The minimum Gasteiger partial charge on any atom is -0.268 e. The first-order chi connectivity index (χ1) is 13.9. The van der Waals surface area contributed by atoms with Crippen molar-refractivity contribution < 1.29 is 14.0 Å². The summed E-state index contributed by atoms with van der Waals surface area (Å²) in [6, 6.07) is 19.8. The molecule has 0 unspecified atom stereocenters. The van der Waals surface area contributed by atoms with Gasteiger partial charge in [0.05, 0.1) is 16.2 Å². The van der Waals surface area contributed by atoms with Gasteiger partial charge in [-0.3, -0.25) is 9.59 Å². The Bertz CT molecular complexity index is 1140. The quantitative estimate of drug-likeness (QED) is 0.493. The van der Waals surface area contributed by atoms with Crippen LogP contribution in [-0.2, 0) is 9.59 Å². The fourth-order valence-electron chi connectivity index (χ4n) is 3.10. The van der Waals surface area contributed by atoms with Crippen LogP contribution in [0.25, 0.3) is 5.57 Å². The van der Waals surface area contributed by atoms with E-state index in [-0.39, 0.29) is 5.57 Å². The smallest absolute Gasteiger partial charge is 0.268 e. The summed E-state index contributed by atoms with van der Waals surface area (Å²) in [7, 11) is 0. The molecule has 0 saturated carbocycles. The van der Waals surface area contributed by atoms with Crippen molar-refractivity contribution in [2.75, 3.05) is 4.90 Å². The Labute approximate surface area is 176 Å². The first kappa shape index (κ1) is 19.4. The predicted molar refractivity (Wildman–Crippen MR) is 114 cm³/mol. The maximum Gasteiger partial charge on any atom is 0.272 e. The minimum atomic E-state index is -0.427. The molecule has 3 aromatic carbocycles. The summed E-state index contributed by atoms with van der Waals surface area (Å²) in [5.41, 5.74) is 2.20. The summed E-state index contributed by atoms with van der Waals surface area (Å²) in [5, 5.41) is 0.581. The Kier molecular flexibility index (Phi) is 5.26. The molecule has 144 valence electrons. The highest BCUT2D eigenvalue weighted by Crippen LogP contribution is 2.41. The molecule has 4 rings (SSSR count). The van der Waals surface area contributed by atoms with Gasteiger partial charge in [-0.15, -0.1) is 0 Å². The Morgan fingerprint density at radius 3 is 2.24 bits per heavy atom. The van der Waals surface area contributed by atoms with E-state index in [0.29, 0.717) is 21.2 Å². The van der Waals surface area contributed by atoms with Gasteiger partial charge in [0, 0.05) is 9.92 Å². The van der Waals surface area contributed by atoms with Crippen molar-refractivity contribution in [3.05, 3.63) is 99.7 Å². The lowest BCUT2D eigenvalue weighted by Gasteiger charge is -2.15. The Balaban J connectivity index is 1.82. The van der Waals surface area contributed by atoms with Crippen molar-refractivity contribution in [1.29, 1.82) is 0 Å². The third kappa shape index (κ3) is 3.84. The van der Waals surface area contributed by atoms with Gasteiger partial charge in [-0.25, -0.2) is 9.29 Å². The molecular formula is C23H15ClFNO2S. The number of carbonyl (C=O) groups is 2. The van der Waals surface area contributed by atoms with E-state index >= 15 is 0 Å². The lowest BCUT2D eigenvalue weighted by Crippen LogP contribution is -2.31. The van der Waals surface area contributed by atoms with Gasteiger partial charge in [-0.1, -0.05) is 47.6 Å². The van der Waals surface area contributed by atoms with E-state index in [9.17, 15) is 14.0 Å². The van der Waals surface area contributed by atoms with Gasteiger partial charge in [0.1, 0.15) is 5.82 Å². The SMILES string of the molecule is Cc1cccc(N2C(=O)C(Sc3ccc(Cl)cc3)=C(c3ccc(F)cc3)C2=O)c1. The van der Waals surface area contributed by atoms with E-state index in [1.54, 1.807) is 42.5 Å². The van der Waals surface area contributed by atoms with Gasteiger partial charge in [-0.2, -0.15) is 0 Å². The Hall–Kier alpha value is -2.89. The first-order valence-electron chi connectivity index (χ1n) is 8.83. The maximum absolute atomic E-state index is 13.4. The molecule has 1 heterocycles. The molecule has 0 fully saturated rings. The molecule has 0 spiro atoms. The lowest BCUT2D eigenvalue weighted by atomic mass is 10.1. The molecule has 1 aliphatic rings. The number of benzene rings is 3. The zero-order chi connectivity index (χ0) is 20.5. The van der Waals surface area contributed by atoms with Crippen LogP contribution in [0, 0.1) is 12.7 Å². The highest BCUT2D eigenvalue weighted by atomic mass is 35.5. The van der Waals surface area contributed by atoms with Crippen molar-refractivity contribution in [3.8, 4) is 0 Å². The summed E-state index contributed by atoms with van der Waals surface area (Å²) in [6.45, 7) is 1.90. The number of carbonyl (C=O) groups excluding carboxylic acids is 2. The number of hydrogen-bond donors (Lipinski definition) is 0. The van der Waals surface area contributed by atoms with Crippen LogP contribution in [0.15, 0.2) is 82.6 Å². The third-order valence-electron chi connectivity index (χ3n) is 4.47. The van der Waals surface area contributed by atoms with Crippen LogP contribution in [-0.4, -0.2) is 11.8 Å². The second-order valence-corrected chi connectivity index (χ2v) is 8.07. The van der Waals surface area contributed by atoms with E-state index < -0.39 is 17.6 Å². The third-order valence-corrected chi connectivity index (χ3v) is 5.81. The van der Waals surface area contributed by atoms with Crippen molar-refractivity contribution in [3.63, 3.8) is 0 Å². The molecule has 0 N–H and O–H groups in total. The lowest BCUT2D eigenvalue weighted by molar-refractivity contribution is -0.119. The number of aryl methyl sites for hydroxylation is 1. The van der Waals surface area contributed by atoms with Crippen LogP contribution >= 0.6 is 23.4 Å². The van der Waals surface area contributed by atoms with Gasteiger partial charge in [-0.05, 0) is 66.6 Å². The standard InChI is InChI=1S/C23H15ClFNO2S/c1-14-3-2-4-18(13-14)26-22(27)20(15-5-9-17(25)10-6-15)21(23(26)28)29-19-11-7-16(24)8-12-19/h2-13H,1H3. The number of rotatable bonds is 4. The van der Waals surface area contributed by atoms with Crippen LogP contribution in [0.4, 0.5) is 10.1 Å². The van der Waals surface area contributed by atoms with E-state index in [1.807, 2.05) is 13.0 Å². The molecule has 1 aliphatic heterocycles. The molecule has 29 heavy (non-hydrogen) atoms. The molecule has 0 bridgehead atoms. The molecule has 3 aromatic rings. The van der Waals surface area contributed by atoms with Crippen molar-refractivity contribution in [1.82, 2.24) is 0 Å². The monoisotopic (exact) mass is 423 g/mol. The normalized spacial score (nSPS) is 14.1. The Morgan fingerprint density at radius 2 is 1.59 bits per heavy atom. The maximum atomic E-state index is 13.4. The first-order valence-corrected chi connectivity index (χ1v) is 10.0. The fourth-order valence-corrected chi connectivity index (χ4v) is 4.22. The van der Waals surface area contributed by atoms with Crippen LogP contribution < -0.4 is 4.90 Å². The largest absolute Gasteiger partial charge is 0.272 e. The molecule has 3 nitrogen and oxygen atoms in total. The minimum absolute atomic E-state index is 0.261. The zero-order valence-electron chi connectivity index (χ0n) is 15.4. The molecule has 2 amide bonds. The molecule has 0 aliphatic carbocycles. The van der Waals surface area contributed by atoms with Crippen LogP contribution in [0.2, 0.25) is 5.02 Å². The van der Waals surface area contributed by atoms with E-state index in [0.717, 1.165) is 10.5 Å². The average Bonchev–Trinajstić information content (AvgIpc) is 2.94. The Morgan fingerprint density at radius 1 is 0.897 bits per heavy atom. The molecular weight excluding hydrogens is 409 g/mol. The average molecular weight is 424 g/mol. The zero-order valence-corrected chi connectivity index (χ0v) is 16.9. The predicted octanol–water partition coefficient (Wildman–Crippen LogP) is 5.86. The van der Waals surface area contributed by atoms with Gasteiger partial charge >= 0.3 is 0 Å². The van der Waals surface area contributed by atoms with E-state index in [1.165, 1.54) is 40.9 Å². The number of anilines is 1. The number of halogens is 2. The number of nitrogens with zero attached hydrogens (tertiary/aromatic N) is 1. The fraction of sp³-hybridized carbons (Fsp3) is 0.0435. The van der Waals surface area contributed by atoms with Crippen LogP contribution in [0.5, 0.6) is 0 Å². The van der Waals surface area contributed by atoms with E-state index in [4.69, 9.17) is 11.6 Å². The number of hydrogen-bond acceptors (Lipinski definition) is 3. The highest BCUT2D eigenvalue weighted by molar-refractivity contribution is 8.04. The second-order valence-electron chi connectivity index (χ2n) is 6.55. The second kappa shape index (κ2) is 7.85. The number of imide groups is 1. The summed E-state index contributed by atoms with van der Waals surface area (Å²) < 4.78 is 13.4. The van der Waals surface area contributed by atoms with Gasteiger partial charge in [0.25, 0.3) is 11.8 Å². The van der Waals surface area contributed by atoms with E-state index in [2.05, 4.69) is 0 Å². The molecule has 6 heteroatoms.